The van der Waals surface area contributed by atoms with Gasteiger partial charge in [0.05, 0.1) is 32.5 Å². The summed E-state index contributed by atoms with van der Waals surface area (Å²) >= 11 is 0. The Kier molecular flexibility index (Phi) is 6.56. The van der Waals surface area contributed by atoms with Gasteiger partial charge in [-0.25, -0.2) is 5.01 Å². The normalized spacial score (nSPS) is 19.3. The maximum Gasteiger partial charge on any atom is 0.257 e. The minimum atomic E-state index is -0.111. The van der Waals surface area contributed by atoms with E-state index in [0.29, 0.717) is 18.7 Å². The lowest BCUT2D eigenvalue weighted by Crippen LogP contribution is -2.40. The van der Waals surface area contributed by atoms with Crippen molar-refractivity contribution >= 4 is 11.6 Å². The van der Waals surface area contributed by atoms with E-state index in [1.54, 1.807) is 19.2 Å². The van der Waals surface area contributed by atoms with E-state index in [9.17, 15) is 4.79 Å². The van der Waals surface area contributed by atoms with Crippen LogP contribution in [0, 0.1) is 6.92 Å². The van der Waals surface area contributed by atoms with Gasteiger partial charge in [-0.2, -0.15) is 5.10 Å². The molecule has 0 bridgehead atoms. The van der Waals surface area contributed by atoms with Gasteiger partial charge in [-0.05, 0) is 56.1 Å². The van der Waals surface area contributed by atoms with E-state index >= 15 is 0 Å². The first kappa shape index (κ1) is 21.4. The molecular weight excluding hydrogens is 390 g/mol. The molecule has 0 N–H and O–H groups in total. The highest BCUT2D eigenvalue weighted by molar-refractivity contribution is 6.05. The van der Waals surface area contributed by atoms with Crippen molar-refractivity contribution in [2.24, 2.45) is 5.10 Å². The third kappa shape index (κ3) is 4.59. The van der Waals surface area contributed by atoms with Crippen LogP contribution in [-0.2, 0) is 4.79 Å². The zero-order valence-corrected chi connectivity index (χ0v) is 18.6. The van der Waals surface area contributed by atoms with E-state index in [0.717, 1.165) is 48.5 Å². The molecule has 2 aliphatic rings. The number of benzene rings is 2. The number of nitrogens with zero attached hydrogens (tertiary/aromatic N) is 3. The van der Waals surface area contributed by atoms with Crippen molar-refractivity contribution in [2.75, 3.05) is 33.9 Å². The van der Waals surface area contributed by atoms with Gasteiger partial charge in [0, 0.05) is 18.1 Å². The lowest BCUT2D eigenvalue weighted by atomic mass is 9.95. The second-order valence-electron chi connectivity index (χ2n) is 8.26. The SMILES string of the molecule is COc1ccc(C2=NN(C(=O)CN3CCCCC3)[C@H](c3ccccc3C)C2)c(OC)c1. The molecule has 164 valence electrons. The summed E-state index contributed by atoms with van der Waals surface area (Å²) in [6.45, 7) is 4.47. The van der Waals surface area contributed by atoms with Crippen molar-refractivity contribution in [1.82, 2.24) is 9.91 Å². The van der Waals surface area contributed by atoms with E-state index in [1.165, 1.54) is 12.0 Å². The van der Waals surface area contributed by atoms with Crippen LogP contribution in [0.4, 0.5) is 0 Å². The fourth-order valence-corrected chi connectivity index (χ4v) is 4.52. The van der Waals surface area contributed by atoms with E-state index in [1.807, 2.05) is 30.3 Å². The first-order valence-corrected chi connectivity index (χ1v) is 11.0. The Balaban J connectivity index is 1.66. The van der Waals surface area contributed by atoms with Crippen molar-refractivity contribution in [3.05, 3.63) is 59.2 Å². The summed E-state index contributed by atoms with van der Waals surface area (Å²) in [6.07, 6.45) is 4.22. The summed E-state index contributed by atoms with van der Waals surface area (Å²) in [5.41, 5.74) is 4.07. The number of hydrogen-bond donors (Lipinski definition) is 0. The number of rotatable bonds is 6. The molecule has 0 unspecified atom stereocenters. The number of aryl methyl sites for hydroxylation is 1. The first-order chi connectivity index (χ1) is 15.1. The smallest absolute Gasteiger partial charge is 0.257 e. The van der Waals surface area contributed by atoms with Crippen molar-refractivity contribution in [3.63, 3.8) is 0 Å². The van der Waals surface area contributed by atoms with Crippen LogP contribution in [0.1, 0.15) is 48.4 Å². The molecule has 0 radical (unpaired) electrons. The fourth-order valence-electron chi connectivity index (χ4n) is 4.52. The Morgan fingerprint density at radius 2 is 1.84 bits per heavy atom. The Morgan fingerprint density at radius 1 is 1.06 bits per heavy atom. The lowest BCUT2D eigenvalue weighted by molar-refractivity contribution is -0.134. The van der Waals surface area contributed by atoms with Crippen LogP contribution in [0.25, 0.3) is 0 Å². The van der Waals surface area contributed by atoms with E-state index < -0.39 is 0 Å². The molecule has 2 aromatic carbocycles. The second kappa shape index (κ2) is 9.52. The number of carbonyl (C=O) groups excluding carboxylic acids is 1. The summed E-state index contributed by atoms with van der Waals surface area (Å²) < 4.78 is 10.9. The van der Waals surface area contributed by atoms with Crippen LogP contribution in [0.3, 0.4) is 0 Å². The molecule has 2 aliphatic heterocycles. The molecule has 2 heterocycles. The molecule has 6 heteroatoms. The summed E-state index contributed by atoms with van der Waals surface area (Å²) in [6, 6.07) is 13.9. The molecular formula is C25H31N3O3. The number of methoxy groups -OCH3 is 2. The Morgan fingerprint density at radius 3 is 2.55 bits per heavy atom. The predicted octanol–water partition coefficient (Wildman–Crippen LogP) is 4.18. The Hall–Kier alpha value is -2.86. The molecule has 0 spiro atoms. The summed E-state index contributed by atoms with van der Waals surface area (Å²) in [4.78, 5) is 15.6. The average molecular weight is 422 g/mol. The monoisotopic (exact) mass is 421 g/mol. The molecule has 4 rings (SSSR count). The van der Waals surface area contributed by atoms with Gasteiger partial charge >= 0.3 is 0 Å². The van der Waals surface area contributed by atoms with Gasteiger partial charge in [0.15, 0.2) is 0 Å². The van der Waals surface area contributed by atoms with E-state index in [2.05, 4.69) is 24.0 Å². The quantitative estimate of drug-likeness (QED) is 0.702. The maximum atomic E-state index is 13.4. The molecule has 1 amide bonds. The van der Waals surface area contributed by atoms with Crippen LogP contribution < -0.4 is 9.47 Å². The molecule has 0 saturated carbocycles. The standard InChI is InChI=1S/C25H31N3O3/c1-18-9-5-6-10-20(18)23-16-22(21-12-11-19(30-2)15-24(21)31-3)26-28(23)25(29)17-27-13-7-4-8-14-27/h5-6,9-12,15,23H,4,7-8,13-14,16-17H2,1-3H3/t23-/m0/s1. The van der Waals surface area contributed by atoms with Crippen LogP contribution >= 0.6 is 0 Å². The molecule has 1 fully saturated rings. The molecule has 2 aromatic rings. The Bertz CT molecular complexity index is 966. The lowest BCUT2D eigenvalue weighted by Gasteiger charge is -2.29. The highest BCUT2D eigenvalue weighted by Gasteiger charge is 2.35. The number of piperidine rings is 1. The predicted molar refractivity (Wildman–Crippen MR) is 122 cm³/mol. The number of hydrogen-bond acceptors (Lipinski definition) is 5. The summed E-state index contributed by atoms with van der Waals surface area (Å²) in [7, 11) is 3.28. The van der Waals surface area contributed by atoms with Gasteiger partial charge in [0.1, 0.15) is 11.5 Å². The van der Waals surface area contributed by atoms with Gasteiger partial charge in [0.25, 0.3) is 5.91 Å². The minimum Gasteiger partial charge on any atom is -0.497 e. The number of ether oxygens (including phenoxy) is 2. The van der Waals surface area contributed by atoms with Gasteiger partial charge in [-0.15, -0.1) is 0 Å². The summed E-state index contributed by atoms with van der Waals surface area (Å²) in [5, 5.41) is 6.54. The number of likely N-dealkylation sites (tertiary alicyclic amines) is 1. The van der Waals surface area contributed by atoms with Crippen molar-refractivity contribution in [1.29, 1.82) is 0 Å². The zero-order chi connectivity index (χ0) is 21.8. The highest BCUT2D eigenvalue weighted by Crippen LogP contribution is 2.37. The first-order valence-electron chi connectivity index (χ1n) is 11.0. The number of carbonyl (C=O) groups is 1. The van der Waals surface area contributed by atoms with Crippen LogP contribution in [-0.4, -0.2) is 55.4 Å². The topological polar surface area (TPSA) is 54.4 Å². The van der Waals surface area contributed by atoms with Crippen LogP contribution in [0.2, 0.25) is 0 Å². The van der Waals surface area contributed by atoms with Crippen molar-refractivity contribution < 1.29 is 14.3 Å². The van der Waals surface area contributed by atoms with Crippen molar-refractivity contribution in [2.45, 2.75) is 38.6 Å². The molecule has 1 saturated heterocycles. The Labute approximate surface area is 184 Å². The van der Waals surface area contributed by atoms with Gasteiger partial charge in [0.2, 0.25) is 0 Å². The molecule has 1 atom stereocenters. The number of amides is 1. The van der Waals surface area contributed by atoms with Crippen LogP contribution in [0.5, 0.6) is 11.5 Å². The maximum absolute atomic E-state index is 13.4. The van der Waals surface area contributed by atoms with Crippen molar-refractivity contribution in [3.8, 4) is 11.5 Å². The fraction of sp³-hybridized carbons (Fsp3) is 0.440. The summed E-state index contributed by atoms with van der Waals surface area (Å²) in [5.74, 6) is 1.48. The van der Waals surface area contributed by atoms with E-state index in [4.69, 9.17) is 14.6 Å². The molecule has 0 aromatic heterocycles. The molecule has 6 nitrogen and oxygen atoms in total. The second-order valence-corrected chi connectivity index (χ2v) is 8.26. The highest BCUT2D eigenvalue weighted by atomic mass is 16.5. The zero-order valence-electron chi connectivity index (χ0n) is 18.6. The minimum absolute atomic E-state index is 0.0534. The van der Waals surface area contributed by atoms with Gasteiger partial charge < -0.3 is 9.47 Å². The molecule has 31 heavy (non-hydrogen) atoms. The molecule has 0 aliphatic carbocycles. The largest absolute Gasteiger partial charge is 0.497 e. The van der Waals surface area contributed by atoms with Gasteiger partial charge in [-0.3, -0.25) is 9.69 Å². The third-order valence-corrected chi connectivity index (χ3v) is 6.24. The number of hydrazone groups is 1. The average Bonchev–Trinajstić information content (AvgIpc) is 3.24. The van der Waals surface area contributed by atoms with Crippen LogP contribution in [0.15, 0.2) is 47.6 Å². The van der Waals surface area contributed by atoms with Gasteiger partial charge in [-0.1, -0.05) is 30.7 Å². The van der Waals surface area contributed by atoms with E-state index in [-0.39, 0.29) is 11.9 Å². The third-order valence-electron chi connectivity index (χ3n) is 6.24.